The van der Waals surface area contributed by atoms with Crippen molar-refractivity contribution < 1.29 is 14.0 Å². The monoisotopic (exact) mass is 325 g/mol. The van der Waals surface area contributed by atoms with Crippen LogP contribution in [0.3, 0.4) is 0 Å². The van der Waals surface area contributed by atoms with Crippen LogP contribution >= 0.6 is 0 Å². The Bertz CT molecular complexity index is 864. The summed E-state index contributed by atoms with van der Waals surface area (Å²) in [4.78, 5) is 8.38. The van der Waals surface area contributed by atoms with Crippen LogP contribution in [0.15, 0.2) is 41.2 Å². The standard InChI is InChI=1S/C16H15N5O3/c1-10-4-16(21-24-10)20-15-6-14(18-8-19-15)17-7-11-2-3-12-13(5-11)23-9-22-12/h2-6,8H,7,9H2,1H3,(H2,17,18,19,20,21). The zero-order valence-electron chi connectivity index (χ0n) is 12.9. The Morgan fingerprint density at radius 2 is 1.88 bits per heavy atom. The maximum Gasteiger partial charge on any atom is 0.231 e. The summed E-state index contributed by atoms with van der Waals surface area (Å²) in [7, 11) is 0. The number of nitrogens with one attached hydrogen (secondary N) is 2. The van der Waals surface area contributed by atoms with Crippen LogP contribution in [0.2, 0.25) is 0 Å². The molecule has 0 spiro atoms. The van der Waals surface area contributed by atoms with Gasteiger partial charge in [-0.05, 0) is 24.6 Å². The predicted molar refractivity (Wildman–Crippen MR) is 86.4 cm³/mol. The van der Waals surface area contributed by atoms with Gasteiger partial charge in [0.05, 0.1) is 0 Å². The quantitative estimate of drug-likeness (QED) is 0.739. The highest BCUT2D eigenvalue weighted by Crippen LogP contribution is 2.32. The summed E-state index contributed by atoms with van der Waals surface area (Å²) in [6, 6.07) is 9.44. The fourth-order valence-corrected chi connectivity index (χ4v) is 2.32. The van der Waals surface area contributed by atoms with Crippen LogP contribution in [0.1, 0.15) is 11.3 Å². The Labute approximate surface area is 137 Å². The molecule has 0 saturated carbocycles. The number of nitrogens with zero attached hydrogens (tertiary/aromatic N) is 3. The fraction of sp³-hybridized carbons (Fsp3) is 0.188. The lowest BCUT2D eigenvalue weighted by molar-refractivity contribution is 0.174. The number of benzene rings is 1. The molecular weight excluding hydrogens is 310 g/mol. The first kappa shape index (κ1) is 14.3. The molecule has 4 rings (SSSR count). The topological polar surface area (TPSA) is 94.3 Å². The molecule has 8 heteroatoms. The Kier molecular flexibility index (Phi) is 3.62. The molecule has 0 saturated heterocycles. The van der Waals surface area contributed by atoms with Crippen molar-refractivity contribution in [3.63, 3.8) is 0 Å². The Hall–Kier alpha value is -3.29. The highest BCUT2D eigenvalue weighted by Gasteiger charge is 2.13. The van der Waals surface area contributed by atoms with Crippen LogP contribution in [0, 0.1) is 6.92 Å². The van der Waals surface area contributed by atoms with Gasteiger partial charge in [-0.2, -0.15) is 0 Å². The average molecular weight is 325 g/mol. The maximum absolute atomic E-state index is 5.38. The molecular formula is C16H15N5O3. The summed E-state index contributed by atoms with van der Waals surface area (Å²) in [6.07, 6.45) is 1.48. The largest absolute Gasteiger partial charge is 0.454 e. The van der Waals surface area contributed by atoms with E-state index in [1.54, 1.807) is 12.1 Å². The molecule has 8 nitrogen and oxygen atoms in total. The summed E-state index contributed by atoms with van der Waals surface area (Å²) in [5.41, 5.74) is 1.07. The Morgan fingerprint density at radius 3 is 2.75 bits per heavy atom. The summed E-state index contributed by atoms with van der Waals surface area (Å²) in [5, 5.41) is 10.2. The Morgan fingerprint density at radius 1 is 1.00 bits per heavy atom. The van der Waals surface area contributed by atoms with Crippen LogP contribution in [-0.2, 0) is 6.54 Å². The maximum atomic E-state index is 5.38. The van der Waals surface area contributed by atoms with Crippen molar-refractivity contribution >= 4 is 17.5 Å². The van der Waals surface area contributed by atoms with E-state index in [0.717, 1.165) is 22.8 Å². The van der Waals surface area contributed by atoms with Gasteiger partial charge in [0.25, 0.3) is 0 Å². The van der Waals surface area contributed by atoms with Crippen molar-refractivity contribution in [1.82, 2.24) is 15.1 Å². The summed E-state index contributed by atoms with van der Waals surface area (Å²) < 4.78 is 15.7. The number of aromatic nitrogens is 3. The zero-order valence-corrected chi connectivity index (χ0v) is 12.9. The van der Waals surface area contributed by atoms with Gasteiger partial charge >= 0.3 is 0 Å². The summed E-state index contributed by atoms with van der Waals surface area (Å²) >= 11 is 0. The molecule has 24 heavy (non-hydrogen) atoms. The van der Waals surface area contributed by atoms with Crippen molar-refractivity contribution in [3.05, 3.63) is 48.0 Å². The van der Waals surface area contributed by atoms with E-state index in [-0.39, 0.29) is 6.79 Å². The molecule has 2 aromatic heterocycles. The van der Waals surface area contributed by atoms with Gasteiger partial charge in [-0.15, -0.1) is 0 Å². The van der Waals surface area contributed by atoms with Gasteiger partial charge in [-0.1, -0.05) is 11.2 Å². The molecule has 3 aromatic rings. The summed E-state index contributed by atoms with van der Waals surface area (Å²) in [5.74, 6) is 4.20. The minimum Gasteiger partial charge on any atom is -0.454 e. The van der Waals surface area contributed by atoms with Crippen molar-refractivity contribution in [2.75, 3.05) is 17.4 Å². The number of rotatable bonds is 5. The lowest BCUT2D eigenvalue weighted by atomic mass is 10.2. The van der Waals surface area contributed by atoms with Gasteiger partial charge in [0.2, 0.25) is 6.79 Å². The number of anilines is 3. The molecule has 0 bridgehead atoms. The third-order valence-electron chi connectivity index (χ3n) is 3.46. The van der Waals surface area contributed by atoms with Gasteiger partial charge in [0.1, 0.15) is 23.7 Å². The third kappa shape index (κ3) is 3.07. The molecule has 0 fully saturated rings. The lowest BCUT2D eigenvalue weighted by Gasteiger charge is -2.08. The second-order valence-electron chi connectivity index (χ2n) is 5.28. The van der Waals surface area contributed by atoms with Gasteiger partial charge in [-0.3, -0.25) is 0 Å². The first-order valence-electron chi connectivity index (χ1n) is 7.41. The molecule has 0 amide bonds. The predicted octanol–water partition coefficient (Wildman–Crippen LogP) is 2.86. The molecule has 2 N–H and O–H groups in total. The lowest BCUT2D eigenvalue weighted by Crippen LogP contribution is -2.03. The SMILES string of the molecule is Cc1cc(Nc2cc(NCc3ccc4c(c3)OCO4)ncn2)no1. The van der Waals surface area contributed by atoms with Crippen molar-refractivity contribution in [2.24, 2.45) is 0 Å². The molecule has 0 atom stereocenters. The summed E-state index contributed by atoms with van der Waals surface area (Å²) in [6.45, 7) is 2.71. The molecule has 1 aromatic carbocycles. The highest BCUT2D eigenvalue weighted by molar-refractivity contribution is 5.55. The van der Waals surface area contributed by atoms with E-state index >= 15 is 0 Å². The molecule has 0 aliphatic carbocycles. The van der Waals surface area contributed by atoms with Gasteiger partial charge in [0.15, 0.2) is 17.3 Å². The van der Waals surface area contributed by atoms with Crippen LogP contribution in [-0.4, -0.2) is 21.9 Å². The minimum absolute atomic E-state index is 0.272. The van der Waals surface area contributed by atoms with Gasteiger partial charge < -0.3 is 24.6 Å². The molecule has 1 aliphatic heterocycles. The van der Waals surface area contributed by atoms with E-state index in [1.807, 2.05) is 25.1 Å². The molecule has 122 valence electrons. The van der Waals surface area contributed by atoms with Crippen molar-refractivity contribution in [1.29, 1.82) is 0 Å². The first-order valence-corrected chi connectivity index (χ1v) is 7.41. The smallest absolute Gasteiger partial charge is 0.231 e. The number of hydrogen-bond donors (Lipinski definition) is 2. The minimum atomic E-state index is 0.272. The average Bonchev–Trinajstić information content (AvgIpc) is 3.21. The number of fused-ring (bicyclic) bond motifs is 1. The van der Waals surface area contributed by atoms with Crippen LogP contribution < -0.4 is 20.1 Å². The van der Waals surface area contributed by atoms with Crippen LogP contribution in [0.4, 0.5) is 17.5 Å². The van der Waals surface area contributed by atoms with Crippen LogP contribution in [0.5, 0.6) is 11.5 Å². The second kappa shape index (κ2) is 6.07. The van der Waals surface area contributed by atoms with E-state index in [1.165, 1.54) is 6.33 Å². The Balaban J connectivity index is 1.42. The van der Waals surface area contributed by atoms with E-state index in [0.29, 0.717) is 24.0 Å². The van der Waals surface area contributed by atoms with Crippen molar-refractivity contribution in [2.45, 2.75) is 13.5 Å². The number of aryl methyl sites for hydroxylation is 1. The van der Waals surface area contributed by atoms with E-state index in [4.69, 9.17) is 14.0 Å². The molecule has 1 aliphatic rings. The second-order valence-corrected chi connectivity index (χ2v) is 5.28. The molecule has 0 radical (unpaired) electrons. The van der Waals surface area contributed by atoms with Gasteiger partial charge in [0, 0.05) is 18.7 Å². The highest BCUT2D eigenvalue weighted by atomic mass is 16.7. The third-order valence-corrected chi connectivity index (χ3v) is 3.46. The van der Waals surface area contributed by atoms with E-state index in [9.17, 15) is 0 Å². The van der Waals surface area contributed by atoms with Gasteiger partial charge in [-0.25, -0.2) is 9.97 Å². The van der Waals surface area contributed by atoms with E-state index < -0.39 is 0 Å². The zero-order chi connectivity index (χ0) is 16.4. The first-order chi connectivity index (χ1) is 11.8. The van der Waals surface area contributed by atoms with Crippen molar-refractivity contribution in [3.8, 4) is 11.5 Å². The molecule has 0 unspecified atom stereocenters. The number of ether oxygens (including phenoxy) is 2. The normalized spacial score (nSPS) is 12.2. The number of hydrogen-bond acceptors (Lipinski definition) is 8. The van der Waals surface area contributed by atoms with Crippen LogP contribution in [0.25, 0.3) is 0 Å². The van der Waals surface area contributed by atoms with E-state index in [2.05, 4.69) is 25.8 Å². The fourth-order valence-electron chi connectivity index (χ4n) is 2.32. The molecule has 3 heterocycles.